The first kappa shape index (κ1) is 19.4. The molecule has 2 amide bonds. The van der Waals surface area contributed by atoms with Crippen LogP contribution in [0.25, 0.3) is 0 Å². The number of amides is 2. The summed E-state index contributed by atoms with van der Waals surface area (Å²) in [5.74, 6) is 0.298. The van der Waals surface area contributed by atoms with Crippen molar-refractivity contribution < 1.29 is 9.59 Å². The fourth-order valence-electron chi connectivity index (χ4n) is 3.25. The number of hydrogen-bond acceptors (Lipinski definition) is 3. The normalized spacial score (nSPS) is 20.3. The Balaban J connectivity index is 1.70. The molecule has 1 aromatic carbocycles. The molecular formula is C20H31N3O2. The third-order valence-corrected chi connectivity index (χ3v) is 4.87. The second-order valence-corrected chi connectivity index (χ2v) is 7.35. The summed E-state index contributed by atoms with van der Waals surface area (Å²) in [6.07, 6.45) is 4.13. The van der Waals surface area contributed by atoms with Gasteiger partial charge in [-0.1, -0.05) is 17.7 Å². The van der Waals surface area contributed by atoms with Gasteiger partial charge in [0, 0.05) is 24.1 Å². The van der Waals surface area contributed by atoms with Gasteiger partial charge < -0.3 is 15.5 Å². The van der Waals surface area contributed by atoms with Crippen LogP contribution in [-0.4, -0.2) is 43.9 Å². The Morgan fingerprint density at radius 3 is 2.12 bits per heavy atom. The SMILES string of the molecule is Cc1ccc(NC(=O)C2CCC(C(=O)NCCCN(C)C)CC2)cc1. The summed E-state index contributed by atoms with van der Waals surface area (Å²) in [6, 6.07) is 7.85. The Bertz CT molecular complexity index is 561. The summed E-state index contributed by atoms with van der Waals surface area (Å²) in [7, 11) is 4.06. The van der Waals surface area contributed by atoms with Crippen molar-refractivity contribution in [3.8, 4) is 0 Å². The largest absolute Gasteiger partial charge is 0.356 e. The average Bonchev–Trinajstić information content (AvgIpc) is 2.60. The molecule has 2 N–H and O–H groups in total. The zero-order valence-corrected chi connectivity index (χ0v) is 15.7. The Kier molecular flexibility index (Phi) is 7.44. The van der Waals surface area contributed by atoms with E-state index >= 15 is 0 Å². The van der Waals surface area contributed by atoms with Gasteiger partial charge in [-0.05, 0) is 71.8 Å². The lowest BCUT2D eigenvalue weighted by atomic mass is 9.81. The Labute approximate surface area is 151 Å². The van der Waals surface area contributed by atoms with Gasteiger partial charge in [0.05, 0.1) is 0 Å². The first-order valence-electron chi connectivity index (χ1n) is 9.25. The van der Waals surface area contributed by atoms with E-state index in [9.17, 15) is 9.59 Å². The highest BCUT2D eigenvalue weighted by Gasteiger charge is 2.29. The van der Waals surface area contributed by atoms with Crippen LogP contribution in [0.4, 0.5) is 5.69 Å². The fourth-order valence-corrected chi connectivity index (χ4v) is 3.25. The maximum Gasteiger partial charge on any atom is 0.227 e. The first-order chi connectivity index (χ1) is 12.0. The maximum atomic E-state index is 12.4. The number of carbonyl (C=O) groups excluding carboxylic acids is 2. The maximum absolute atomic E-state index is 12.4. The molecule has 0 spiro atoms. The molecule has 1 aliphatic carbocycles. The second-order valence-electron chi connectivity index (χ2n) is 7.35. The van der Waals surface area contributed by atoms with Crippen LogP contribution in [0.3, 0.4) is 0 Å². The zero-order chi connectivity index (χ0) is 18.2. The highest BCUT2D eigenvalue weighted by atomic mass is 16.2. The predicted octanol–water partition coefficient (Wildman–Crippen LogP) is 2.81. The van der Waals surface area contributed by atoms with Crippen LogP contribution in [0, 0.1) is 18.8 Å². The fraction of sp³-hybridized carbons (Fsp3) is 0.600. The molecule has 1 aromatic rings. The van der Waals surface area contributed by atoms with Crippen LogP contribution in [0.15, 0.2) is 24.3 Å². The standard InChI is InChI=1S/C20H31N3O2/c1-15-5-11-18(12-6-15)22-20(25)17-9-7-16(8-10-17)19(24)21-13-4-14-23(2)3/h5-6,11-12,16-17H,4,7-10,13-14H2,1-3H3,(H,21,24)(H,22,25). The van der Waals surface area contributed by atoms with Gasteiger partial charge in [0.15, 0.2) is 0 Å². The summed E-state index contributed by atoms with van der Waals surface area (Å²) < 4.78 is 0. The minimum Gasteiger partial charge on any atom is -0.356 e. The lowest BCUT2D eigenvalue weighted by Crippen LogP contribution is -2.36. The number of hydrogen-bond donors (Lipinski definition) is 2. The molecule has 138 valence electrons. The van der Waals surface area contributed by atoms with Crippen molar-refractivity contribution in [2.24, 2.45) is 11.8 Å². The highest BCUT2D eigenvalue weighted by Crippen LogP contribution is 2.29. The second kappa shape index (κ2) is 9.56. The summed E-state index contributed by atoms with van der Waals surface area (Å²) >= 11 is 0. The zero-order valence-electron chi connectivity index (χ0n) is 15.7. The molecule has 0 heterocycles. The molecule has 5 nitrogen and oxygen atoms in total. The minimum atomic E-state index is 0.0131. The van der Waals surface area contributed by atoms with E-state index in [1.54, 1.807) is 0 Å². The van der Waals surface area contributed by atoms with Gasteiger partial charge in [0.25, 0.3) is 0 Å². The lowest BCUT2D eigenvalue weighted by molar-refractivity contribution is -0.128. The molecule has 25 heavy (non-hydrogen) atoms. The van der Waals surface area contributed by atoms with E-state index in [1.165, 1.54) is 5.56 Å². The van der Waals surface area contributed by atoms with Crippen LogP contribution in [0.1, 0.15) is 37.7 Å². The van der Waals surface area contributed by atoms with E-state index in [-0.39, 0.29) is 23.7 Å². The van der Waals surface area contributed by atoms with Gasteiger partial charge in [0.2, 0.25) is 11.8 Å². The van der Waals surface area contributed by atoms with Gasteiger partial charge in [-0.3, -0.25) is 9.59 Å². The van der Waals surface area contributed by atoms with Crippen LogP contribution >= 0.6 is 0 Å². The Morgan fingerprint density at radius 1 is 1.00 bits per heavy atom. The van der Waals surface area contributed by atoms with E-state index in [2.05, 4.69) is 15.5 Å². The minimum absolute atomic E-state index is 0.0131. The van der Waals surface area contributed by atoms with Gasteiger partial charge in [0.1, 0.15) is 0 Å². The molecule has 0 saturated heterocycles. The number of benzene rings is 1. The van der Waals surface area contributed by atoms with Crippen molar-refractivity contribution in [2.75, 3.05) is 32.5 Å². The van der Waals surface area contributed by atoms with E-state index in [1.807, 2.05) is 45.3 Å². The van der Waals surface area contributed by atoms with Crippen molar-refractivity contribution in [3.05, 3.63) is 29.8 Å². The molecule has 0 radical (unpaired) electrons. The van der Waals surface area contributed by atoms with E-state index in [0.29, 0.717) is 0 Å². The monoisotopic (exact) mass is 345 g/mol. The molecule has 1 saturated carbocycles. The van der Waals surface area contributed by atoms with Crippen LogP contribution in [0.2, 0.25) is 0 Å². The molecule has 5 heteroatoms. The molecule has 0 unspecified atom stereocenters. The topological polar surface area (TPSA) is 61.4 Å². The number of rotatable bonds is 7. The van der Waals surface area contributed by atoms with Crippen LogP contribution < -0.4 is 10.6 Å². The number of aryl methyl sites for hydroxylation is 1. The van der Waals surface area contributed by atoms with Crippen molar-refractivity contribution in [1.82, 2.24) is 10.2 Å². The van der Waals surface area contributed by atoms with Gasteiger partial charge in [-0.15, -0.1) is 0 Å². The van der Waals surface area contributed by atoms with Crippen molar-refractivity contribution in [3.63, 3.8) is 0 Å². The molecule has 0 aromatic heterocycles. The summed E-state index contributed by atoms with van der Waals surface area (Å²) in [6.45, 7) is 3.73. The molecule has 0 atom stereocenters. The van der Waals surface area contributed by atoms with Crippen molar-refractivity contribution >= 4 is 17.5 Å². The Hall–Kier alpha value is -1.88. The summed E-state index contributed by atoms with van der Waals surface area (Å²) in [5.41, 5.74) is 2.02. The summed E-state index contributed by atoms with van der Waals surface area (Å²) in [4.78, 5) is 26.7. The number of nitrogens with zero attached hydrogens (tertiary/aromatic N) is 1. The molecule has 0 bridgehead atoms. The molecule has 1 aliphatic rings. The molecule has 1 fully saturated rings. The van der Waals surface area contributed by atoms with Gasteiger partial charge in [-0.25, -0.2) is 0 Å². The third-order valence-electron chi connectivity index (χ3n) is 4.87. The summed E-state index contributed by atoms with van der Waals surface area (Å²) in [5, 5.41) is 6.02. The highest BCUT2D eigenvalue weighted by molar-refractivity contribution is 5.92. The quantitative estimate of drug-likeness (QED) is 0.747. The smallest absolute Gasteiger partial charge is 0.227 e. The predicted molar refractivity (Wildman–Crippen MR) is 101 cm³/mol. The van der Waals surface area contributed by atoms with Gasteiger partial charge in [-0.2, -0.15) is 0 Å². The van der Waals surface area contributed by atoms with Crippen LogP contribution in [-0.2, 0) is 9.59 Å². The van der Waals surface area contributed by atoms with Gasteiger partial charge >= 0.3 is 0 Å². The Morgan fingerprint density at radius 2 is 1.56 bits per heavy atom. The van der Waals surface area contributed by atoms with Crippen molar-refractivity contribution in [1.29, 1.82) is 0 Å². The number of anilines is 1. The molecule has 0 aliphatic heterocycles. The van der Waals surface area contributed by atoms with Crippen molar-refractivity contribution in [2.45, 2.75) is 39.0 Å². The molecular weight excluding hydrogens is 314 g/mol. The number of nitrogens with one attached hydrogen (secondary N) is 2. The number of carbonyl (C=O) groups is 2. The average molecular weight is 345 g/mol. The first-order valence-corrected chi connectivity index (χ1v) is 9.25. The van der Waals surface area contributed by atoms with E-state index in [4.69, 9.17) is 0 Å². The van der Waals surface area contributed by atoms with Crippen LogP contribution in [0.5, 0.6) is 0 Å². The lowest BCUT2D eigenvalue weighted by Gasteiger charge is -2.27. The third kappa shape index (κ3) is 6.50. The van der Waals surface area contributed by atoms with E-state index in [0.717, 1.165) is 50.9 Å². The molecule has 2 rings (SSSR count). The van der Waals surface area contributed by atoms with E-state index < -0.39 is 0 Å².